The minimum absolute atomic E-state index is 0.0310. The molecular formula is C14H17NO4. The molecule has 5 heteroatoms. The lowest BCUT2D eigenvalue weighted by Crippen LogP contribution is -2.25. The molecule has 0 saturated carbocycles. The van der Waals surface area contributed by atoms with Crippen LogP contribution >= 0.6 is 0 Å². The summed E-state index contributed by atoms with van der Waals surface area (Å²) in [6.07, 6.45) is 0.715. The zero-order chi connectivity index (χ0) is 14.1. The third kappa shape index (κ3) is 6.35. The zero-order valence-electron chi connectivity index (χ0n) is 10.6. The van der Waals surface area contributed by atoms with E-state index in [1.807, 2.05) is 6.07 Å². The molecular weight excluding hydrogens is 246 g/mol. The van der Waals surface area contributed by atoms with E-state index in [-0.39, 0.29) is 31.0 Å². The fraction of sp³-hybridized carbons (Fsp3) is 0.357. The molecule has 0 aliphatic heterocycles. The normalized spacial score (nSPS) is 9.89. The van der Waals surface area contributed by atoms with Crippen molar-refractivity contribution in [3.05, 3.63) is 35.9 Å². The molecule has 1 aromatic rings. The lowest BCUT2D eigenvalue weighted by molar-refractivity contribution is -0.137. The summed E-state index contributed by atoms with van der Waals surface area (Å²) >= 11 is 0. The Bertz CT molecular complexity index is 442. The highest BCUT2D eigenvalue weighted by molar-refractivity contribution is 5.97. The molecule has 2 N–H and O–H groups in total. The maximum absolute atomic E-state index is 11.7. The van der Waals surface area contributed by atoms with Gasteiger partial charge in [-0.05, 0) is 6.42 Å². The SMILES string of the molecule is O=C(O)CCCNC(=O)CCC(=O)c1ccccc1. The van der Waals surface area contributed by atoms with Gasteiger partial charge in [0.1, 0.15) is 0 Å². The van der Waals surface area contributed by atoms with E-state index in [9.17, 15) is 14.4 Å². The van der Waals surface area contributed by atoms with Gasteiger partial charge in [0.05, 0.1) is 0 Å². The number of ketones is 1. The van der Waals surface area contributed by atoms with Gasteiger partial charge in [0.2, 0.25) is 5.91 Å². The largest absolute Gasteiger partial charge is 0.481 e. The van der Waals surface area contributed by atoms with Crippen LogP contribution in [0.25, 0.3) is 0 Å². The predicted molar refractivity (Wildman–Crippen MR) is 69.9 cm³/mol. The van der Waals surface area contributed by atoms with Crippen molar-refractivity contribution in [3.8, 4) is 0 Å². The van der Waals surface area contributed by atoms with Crippen LogP contribution < -0.4 is 5.32 Å². The van der Waals surface area contributed by atoms with E-state index in [1.54, 1.807) is 24.3 Å². The molecule has 0 fully saturated rings. The number of nitrogens with one attached hydrogen (secondary N) is 1. The first-order chi connectivity index (χ1) is 9.09. The van der Waals surface area contributed by atoms with Crippen molar-refractivity contribution in [3.63, 3.8) is 0 Å². The van der Waals surface area contributed by atoms with Crippen molar-refractivity contribution < 1.29 is 19.5 Å². The average molecular weight is 263 g/mol. The summed E-state index contributed by atoms with van der Waals surface area (Å²) in [4.78, 5) is 33.4. The van der Waals surface area contributed by atoms with E-state index in [1.165, 1.54) is 0 Å². The molecule has 0 spiro atoms. The Morgan fingerprint density at radius 1 is 1.00 bits per heavy atom. The van der Waals surface area contributed by atoms with Crippen LogP contribution in [0.3, 0.4) is 0 Å². The lowest BCUT2D eigenvalue weighted by atomic mass is 10.1. The summed E-state index contributed by atoms with van der Waals surface area (Å²) < 4.78 is 0. The van der Waals surface area contributed by atoms with Crippen molar-refractivity contribution in [1.29, 1.82) is 0 Å². The van der Waals surface area contributed by atoms with E-state index in [0.717, 1.165) is 0 Å². The van der Waals surface area contributed by atoms with Gasteiger partial charge in [-0.15, -0.1) is 0 Å². The van der Waals surface area contributed by atoms with Crippen molar-refractivity contribution in [2.75, 3.05) is 6.54 Å². The molecule has 0 aliphatic rings. The van der Waals surface area contributed by atoms with Gasteiger partial charge >= 0.3 is 5.97 Å². The second kappa shape index (κ2) is 8.02. The highest BCUT2D eigenvalue weighted by Crippen LogP contribution is 2.04. The van der Waals surface area contributed by atoms with E-state index in [0.29, 0.717) is 18.5 Å². The van der Waals surface area contributed by atoms with E-state index in [2.05, 4.69) is 5.32 Å². The molecule has 0 saturated heterocycles. The molecule has 0 bridgehead atoms. The van der Waals surface area contributed by atoms with Crippen LogP contribution in [0.5, 0.6) is 0 Å². The number of carboxylic acids is 1. The number of aliphatic carboxylic acids is 1. The smallest absolute Gasteiger partial charge is 0.303 e. The van der Waals surface area contributed by atoms with Gasteiger partial charge in [-0.2, -0.15) is 0 Å². The van der Waals surface area contributed by atoms with Crippen LogP contribution in [-0.4, -0.2) is 29.3 Å². The van der Waals surface area contributed by atoms with Crippen LogP contribution in [0.4, 0.5) is 0 Å². The van der Waals surface area contributed by atoms with Gasteiger partial charge in [-0.25, -0.2) is 0 Å². The number of benzene rings is 1. The second-order valence-corrected chi connectivity index (χ2v) is 4.14. The molecule has 0 aliphatic carbocycles. The van der Waals surface area contributed by atoms with Crippen molar-refractivity contribution >= 4 is 17.7 Å². The Hall–Kier alpha value is -2.17. The number of amides is 1. The molecule has 0 atom stereocenters. The third-order valence-electron chi connectivity index (χ3n) is 2.56. The summed E-state index contributed by atoms with van der Waals surface area (Å²) in [5.74, 6) is -1.18. The number of carboxylic acid groups (broad SMARTS) is 1. The molecule has 0 aromatic heterocycles. The van der Waals surface area contributed by atoms with Crippen LogP contribution in [-0.2, 0) is 9.59 Å². The first kappa shape index (κ1) is 14.9. The van der Waals surface area contributed by atoms with Gasteiger partial charge in [0.15, 0.2) is 5.78 Å². The summed E-state index contributed by atoms with van der Waals surface area (Å²) in [7, 11) is 0. The third-order valence-corrected chi connectivity index (χ3v) is 2.56. The highest BCUT2D eigenvalue weighted by atomic mass is 16.4. The molecule has 1 rings (SSSR count). The minimum Gasteiger partial charge on any atom is -0.481 e. The van der Waals surface area contributed by atoms with Crippen molar-refractivity contribution in [1.82, 2.24) is 5.32 Å². The van der Waals surface area contributed by atoms with Gasteiger partial charge < -0.3 is 10.4 Å². The summed E-state index contributed by atoms with van der Waals surface area (Å²) in [5.41, 5.74) is 0.598. The van der Waals surface area contributed by atoms with Crippen LogP contribution in [0.1, 0.15) is 36.0 Å². The summed E-state index contributed by atoms with van der Waals surface area (Å²) in [6.45, 7) is 0.324. The average Bonchev–Trinajstić information content (AvgIpc) is 2.41. The van der Waals surface area contributed by atoms with Crippen molar-refractivity contribution in [2.24, 2.45) is 0 Å². The zero-order valence-corrected chi connectivity index (χ0v) is 10.6. The van der Waals surface area contributed by atoms with Gasteiger partial charge in [-0.1, -0.05) is 30.3 Å². The fourth-order valence-electron chi connectivity index (χ4n) is 1.55. The number of carbonyl (C=O) groups is 3. The van der Waals surface area contributed by atoms with Crippen LogP contribution in [0.15, 0.2) is 30.3 Å². The summed E-state index contributed by atoms with van der Waals surface area (Å²) in [5, 5.41) is 11.0. The van der Waals surface area contributed by atoms with E-state index < -0.39 is 5.97 Å². The first-order valence-corrected chi connectivity index (χ1v) is 6.16. The molecule has 0 unspecified atom stereocenters. The van der Waals surface area contributed by atoms with E-state index >= 15 is 0 Å². The standard InChI is InChI=1S/C14H17NO4/c16-12(11-5-2-1-3-6-11)8-9-13(17)15-10-4-7-14(18)19/h1-3,5-6H,4,7-10H2,(H,15,17)(H,18,19). The molecule has 19 heavy (non-hydrogen) atoms. The van der Waals surface area contributed by atoms with E-state index in [4.69, 9.17) is 5.11 Å². The number of carbonyl (C=O) groups excluding carboxylic acids is 2. The Morgan fingerprint density at radius 3 is 2.32 bits per heavy atom. The van der Waals surface area contributed by atoms with Gasteiger partial charge in [0, 0.05) is 31.4 Å². The lowest BCUT2D eigenvalue weighted by Gasteiger charge is -2.04. The Morgan fingerprint density at radius 2 is 1.68 bits per heavy atom. The van der Waals surface area contributed by atoms with Crippen molar-refractivity contribution in [2.45, 2.75) is 25.7 Å². The van der Waals surface area contributed by atoms with Gasteiger partial charge in [0.25, 0.3) is 0 Å². The molecule has 5 nitrogen and oxygen atoms in total. The Labute approximate surface area is 111 Å². The fourth-order valence-corrected chi connectivity index (χ4v) is 1.55. The van der Waals surface area contributed by atoms with Crippen LogP contribution in [0, 0.1) is 0 Å². The second-order valence-electron chi connectivity index (χ2n) is 4.14. The Kier molecular flexibility index (Phi) is 6.29. The molecule has 102 valence electrons. The van der Waals surface area contributed by atoms with Gasteiger partial charge in [-0.3, -0.25) is 14.4 Å². The van der Waals surface area contributed by atoms with Crippen LogP contribution in [0.2, 0.25) is 0 Å². The topological polar surface area (TPSA) is 83.5 Å². The number of Topliss-reactive ketones (excluding diaryl/α,β-unsaturated/α-hetero) is 1. The Balaban J connectivity index is 2.20. The molecule has 0 radical (unpaired) electrons. The molecule has 1 aromatic carbocycles. The predicted octanol–water partition coefficient (Wildman–Crippen LogP) is 1.63. The minimum atomic E-state index is -0.881. The first-order valence-electron chi connectivity index (χ1n) is 6.16. The number of rotatable bonds is 8. The maximum atomic E-state index is 11.7. The summed E-state index contributed by atoms with van der Waals surface area (Å²) in [6, 6.07) is 8.81. The number of hydrogen-bond donors (Lipinski definition) is 2. The molecule has 1 amide bonds. The highest BCUT2D eigenvalue weighted by Gasteiger charge is 2.08. The maximum Gasteiger partial charge on any atom is 0.303 e. The quantitative estimate of drug-likeness (QED) is 0.551. The number of hydrogen-bond acceptors (Lipinski definition) is 3. The monoisotopic (exact) mass is 263 g/mol. The molecule has 0 heterocycles.